The van der Waals surface area contributed by atoms with E-state index in [1.807, 2.05) is 41.4 Å². The molecule has 0 bridgehead atoms. The number of amides is 1. The van der Waals surface area contributed by atoms with Gasteiger partial charge in [-0.05, 0) is 48.7 Å². The number of piperidine rings is 1. The SMILES string of the molecule is O=C(C1CC1)N1CCC(Oc2ccc(-c3cnc4cc(O)ccc4c3)cc2)CC1. The van der Waals surface area contributed by atoms with E-state index in [0.717, 1.165) is 66.6 Å². The van der Waals surface area contributed by atoms with Gasteiger partial charge in [0.25, 0.3) is 0 Å². The first-order valence-electron chi connectivity index (χ1n) is 10.3. The summed E-state index contributed by atoms with van der Waals surface area (Å²) in [6.45, 7) is 1.60. The summed E-state index contributed by atoms with van der Waals surface area (Å²) in [5, 5.41) is 10.6. The second-order valence-corrected chi connectivity index (χ2v) is 8.04. The monoisotopic (exact) mass is 388 g/mol. The number of aromatic hydroxyl groups is 1. The molecule has 0 radical (unpaired) electrons. The Morgan fingerprint density at radius 1 is 0.966 bits per heavy atom. The van der Waals surface area contributed by atoms with Crippen LogP contribution in [0.5, 0.6) is 11.5 Å². The number of benzene rings is 2. The van der Waals surface area contributed by atoms with Crippen molar-refractivity contribution in [3.05, 3.63) is 54.7 Å². The lowest BCUT2D eigenvalue weighted by atomic mass is 10.0. The predicted octanol–water partition coefficient (Wildman–Crippen LogP) is 4.39. The Hall–Kier alpha value is -3.08. The number of carbonyl (C=O) groups excluding carboxylic acids is 1. The van der Waals surface area contributed by atoms with E-state index in [1.54, 1.807) is 12.1 Å². The van der Waals surface area contributed by atoms with E-state index in [0.29, 0.717) is 11.8 Å². The highest BCUT2D eigenvalue weighted by atomic mass is 16.5. The van der Waals surface area contributed by atoms with E-state index in [9.17, 15) is 9.90 Å². The van der Waals surface area contributed by atoms with Gasteiger partial charge in [-0.1, -0.05) is 12.1 Å². The van der Waals surface area contributed by atoms with Crippen molar-refractivity contribution in [2.75, 3.05) is 13.1 Å². The van der Waals surface area contributed by atoms with Crippen molar-refractivity contribution in [1.29, 1.82) is 0 Å². The zero-order chi connectivity index (χ0) is 19.8. The van der Waals surface area contributed by atoms with Gasteiger partial charge in [-0.2, -0.15) is 0 Å². The molecule has 1 N–H and O–H groups in total. The molecule has 5 heteroatoms. The molecule has 1 amide bonds. The maximum absolute atomic E-state index is 12.2. The highest BCUT2D eigenvalue weighted by Crippen LogP contribution is 2.32. The summed E-state index contributed by atoms with van der Waals surface area (Å²) in [7, 11) is 0. The number of phenolic OH excluding ortho intramolecular Hbond substituents is 1. The smallest absolute Gasteiger partial charge is 0.225 e. The van der Waals surface area contributed by atoms with Crippen LogP contribution in [-0.4, -0.2) is 40.1 Å². The number of phenols is 1. The fourth-order valence-electron chi connectivity index (χ4n) is 3.97. The highest BCUT2D eigenvalue weighted by Gasteiger charge is 2.35. The van der Waals surface area contributed by atoms with Crippen molar-refractivity contribution in [2.45, 2.75) is 31.8 Å². The van der Waals surface area contributed by atoms with E-state index in [-0.39, 0.29) is 11.9 Å². The van der Waals surface area contributed by atoms with Crippen molar-refractivity contribution in [3.63, 3.8) is 0 Å². The number of ether oxygens (including phenoxy) is 1. The molecular weight excluding hydrogens is 364 g/mol. The van der Waals surface area contributed by atoms with E-state index >= 15 is 0 Å². The van der Waals surface area contributed by atoms with Crippen LogP contribution in [-0.2, 0) is 4.79 Å². The van der Waals surface area contributed by atoms with Crippen molar-refractivity contribution >= 4 is 16.8 Å². The van der Waals surface area contributed by atoms with Gasteiger partial charge in [0.1, 0.15) is 17.6 Å². The summed E-state index contributed by atoms with van der Waals surface area (Å²) in [6, 6.07) is 15.4. The first-order valence-corrected chi connectivity index (χ1v) is 10.3. The van der Waals surface area contributed by atoms with Gasteiger partial charge >= 0.3 is 0 Å². The fourth-order valence-corrected chi connectivity index (χ4v) is 3.97. The van der Waals surface area contributed by atoms with E-state index < -0.39 is 0 Å². The van der Waals surface area contributed by atoms with Crippen LogP contribution < -0.4 is 4.74 Å². The summed E-state index contributed by atoms with van der Waals surface area (Å²) in [5.74, 6) is 1.73. The van der Waals surface area contributed by atoms with Crippen molar-refractivity contribution in [3.8, 4) is 22.6 Å². The molecule has 2 heterocycles. The minimum atomic E-state index is 0.166. The standard InChI is InChI=1S/C24H24N2O3/c27-20-6-3-18-13-19(15-25-23(18)14-20)16-4-7-21(8-5-16)29-22-9-11-26(12-10-22)24(28)17-1-2-17/h3-8,13-15,17,22,27H,1-2,9-12H2. The summed E-state index contributed by atoms with van der Waals surface area (Å²) in [5.41, 5.74) is 2.88. The largest absolute Gasteiger partial charge is 0.508 e. The van der Waals surface area contributed by atoms with Gasteiger partial charge in [-0.15, -0.1) is 0 Å². The number of hydrogen-bond donors (Lipinski definition) is 1. The number of aromatic nitrogens is 1. The van der Waals surface area contributed by atoms with E-state index in [2.05, 4.69) is 11.1 Å². The third-order valence-corrected chi connectivity index (χ3v) is 5.84. The Morgan fingerprint density at radius 3 is 2.45 bits per heavy atom. The molecule has 2 aliphatic rings. The lowest BCUT2D eigenvalue weighted by Crippen LogP contribution is -2.42. The Bertz CT molecular complexity index is 1040. The lowest BCUT2D eigenvalue weighted by molar-refractivity contribution is -0.134. The molecule has 3 aromatic rings. The molecule has 5 nitrogen and oxygen atoms in total. The molecule has 2 fully saturated rings. The molecule has 29 heavy (non-hydrogen) atoms. The average molecular weight is 388 g/mol. The van der Waals surface area contributed by atoms with Gasteiger partial charge in [0.2, 0.25) is 5.91 Å². The number of carbonyl (C=O) groups is 1. The van der Waals surface area contributed by atoms with Crippen LogP contribution in [0.4, 0.5) is 0 Å². The number of hydrogen-bond acceptors (Lipinski definition) is 4. The molecule has 2 aromatic carbocycles. The number of nitrogens with zero attached hydrogens (tertiary/aromatic N) is 2. The van der Waals surface area contributed by atoms with Crippen molar-refractivity contribution in [1.82, 2.24) is 9.88 Å². The Morgan fingerprint density at radius 2 is 1.72 bits per heavy atom. The van der Waals surface area contributed by atoms with Gasteiger partial charge in [0.05, 0.1) is 5.52 Å². The van der Waals surface area contributed by atoms with Crippen LogP contribution in [0.2, 0.25) is 0 Å². The second-order valence-electron chi connectivity index (χ2n) is 8.04. The number of likely N-dealkylation sites (tertiary alicyclic amines) is 1. The van der Waals surface area contributed by atoms with Crippen LogP contribution in [0.25, 0.3) is 22.0 Å². The molecule has 1 saturated carbocycles. The molecule has 1 aliphatic heterocycles. The van der Waals surface area contributed by atoms with Crippen LogP contribution in [0.1, 0.15) is 25.7 Å². The first-order chi connectivity index (χ1) is 14.2. The number of fused-ring (bicyclic) bond motifs is 1. The average Bonchev–Trinajstić information content (AvgIpc) is 3.59. The number of rotatable bonds is 4. The minimum Gasteiger partial charge on any atom is -0.508 e. The summed E-state index contributed by atoms with van der Waals surface area (Å²) >= 11 is 0. The molecule has 5 rings (SSSR count). The van der Waals surface area contributed by atoms with Gasteiger partial charge in [-0.3, -0.25) is 9.78 Å². The summed E-state index contributed by atoms with van der Waals surface area (Å²) < 4.78 is 6.15. The number of pyridine rings is 1. The Balaban J connectivity index is 1.22. The van der Waals surface area contributed by atoms with E-state index in [1.165, 1.54) is 0 Å². The zero-order valence-corrected chi connectivity index (χ0v) is 16.3. The maximum atomic E-state index is 12.2. The summed E-state index contributed by atoms with van der Waals surface area (Å²) in [6.07, 6.45) is 5.90. The molecule has 1 saturated heterocycles. The van der Waals surface area contributed by atoms with Gasteiger partial charge in [0, 0.05) is 55.1 Å². The van der Waals surface area contributed by atoms with Crippen molar-refractivity contribution < 1.29 is 14.6 Å². The van der Waals surface area contributed by atoms with E-state index in [4.69, 9.17) is 4.74 Å². The normalized spacial score (nSPS) is 17.4. The third-order valence-electron chi connectivity index (χ3n) is 5.84. The molecule has 1 aromatic heterocycles. The third kappa shape index (κ3) is 3.90. The summed E-state index contributed by atoms with van der Waals surface area (Å²) in [4.78, 5) is 18.6. The molecule has 1 aliphatic carbocycles. The van der Waals surface area contributed by atoms with Crippen molar-refractivity contribution in [2.24, 2.45) is 5.92 Å². The van der Waals surface area contributed by atoms with Gasteiger partial charge in [0.15, 0.2) is 0 Å². The molecular formula is C24H24N2O3. The topological polar surface area (TPSA) is 62.7 Å². The lowest BCUT2D eigenvalue weighted by Gasteiger charge is -2.32. The highest BCUT2D eigenvalue weighted by molar-refractivity contribution is 5.84. The van der Waals surface area contributed by atoms with Gasteiger partial charge < -0.3 is 14.7 Å². The Kier molecular flexibility index (Phi) is 4.58. The van der Waals surface area contributed by atoms with Crippen LogP contribution in [0.3, 0.4) is 0 Å². The quantitative estimate of drug-likeness (QED) is 0.720. The molecule has 0 atom stereocenters. The fraction of sp³-hybridized carbons (Fsp3) is 0.333. The molecule has 0 spiro atoms. The second kappa shape index (κ2) is 7.39. The molecule has 0 unspecified atom stereocenters. The predicted molar refractivity (Wildman–Crippen MR) is 112 cm³/mol. The van der Waals surface area contributed by atoms with Crippen LogP contribution in [0.15, 0.2) is 54.7 Å². The zero-order valence-electron chi connectivity index (χ0n) is 16.3. The van der Waals surface area contributed by atoms with Crippen LogP contribution >= 0.6 is 0 Å². The molecule has 148 valence electrons. The minimum absolute atomic E-state index is 0.166. The van der Waals surface area contributed by atoms with Crippen LogP contribution in [0, 0.1) is 5.92 Å². The Labute approximate surface area is 169 Å². The maximum Gasteiger partial charge on any atom is 0.225 e. The first kappa shape index (κ1) is 18.0. The van der Waals surface area contributed by atoms with Gasteiger partial charge in [-0.25, -0.2) is 0 Å².